The van der Waals surface area contributed by atoms with E-state index >= 15 is 4.39 Å². The van der Waals surface area contributed by atoms with Crippen LogP contribution in [0.5, 0.6) is 0 Å². The number of hydrogen-bond acceptors (Lipinski definition) is 11. The number of halogens is 1. The fourth-order valence-corrected chi connectivity index (χ4v) is 8.80. The number of sulfone groups is 1. The van der Waals surface area contributed by atoms with Gasteiger partial charge in [0.15, 0.2) is 0 Å². The number of aromatic nitrogens is 3. The lowest BCUT2D eigenvalue weighted by atomic mass is 9.85. The summed E-state index contributed by atoms with van der Waals surface area (Å²) in [6.45, 7) is 12.8. The van der Waals surface area contributed by atoms with Gasteiger partial charge in [-0.1, -0.05) is 20.4 Å². The summed E-state index contributed by atoms with van der Waals surface area (Å²) in [5.41, 5.74) is 1.78. The zero-order valence-electron chi connectivity index (χ0n) is 30.1. The quantitative estimate of drug-likeness (QED) is 0.215. The molecule has 4 heterocycles. The molecule has 1 saturated carbocycles. The maximum Gasteiger partial charge on any atom is 0.247 e. The number of anilines is 5. The van der Waals surface area contributed by atoms with E-state index in [-0.39, 0.29) is 42.2 Å². The predicted octanol–water partition coefficient (Wildman–Crippen LogP) is 5.51. The number of benzene rings is 1. The minimum Gasteiger partial charge on any atom is -0.390 e. The first-order chi connectivity index (χ1) is 24.1. The van der Waals surface area contributed by atoms with Crippen molar-refractivity contribution in [1.82, 2.24) is 15.0 Å². The molecule has 3 aliphatic rings. The maximum atomic E-state index is 15.4. The minimum absolute atomic E-state index is 0.00603. The molecular weight excluding hydrogens is 674 g/mol. The van der Waals surface area contributed by atoms with Gasteiger partial charge in [0.1, 0.15) is 27.6 Å². The number of ether oxygens (including phenoxy) is 1. The van der Waals surface area contributed by atoms with Crippen molar-refractivity contribution in [3.05, 3.63) is 48.8 Å². The highest BCUT2D eigenvalue weighted by atomic mass is 32.2. The van der Waals surface area contributed by atoms with E-state index in [0.717, 1.165) is 34.9 Å². The molecule has 14 heteroatoms. The Kier molecular flexibility index (Phi) is 10.6. The molecule has 2 saturated heterocycles. The maximum absolute atomic E-state index is 15.4. The highest BCUT2D eigenvalue weighted by Gasteiger charge is 2.39. The van der Waals surface area contributed by atoms with E-state index in [9.17, 15) is 18.3 Å². The van der Waals surface area contributed by atoms with Crippen molar-refractivity contribution in [2.75, 3.05) is 52.1 Å². The van der Waals surface area contributed by atoms with Crippen LogP contribution in [0.15, 0.2) is 43.2 Å². The van der Waals surface area contributed by atoms with Crippen LogP contribution in [0.4, 0.5) is 33.3 Å². The zero-order chi connectivity index (χ0) is 36.7. The fourth-order valence-electron chi connectivity index (χ4n) is 7.64. The van der Waals surface area contributed by atoms with Crippen molar-refractivity contribution in [1.29, 1.82) is 0 Å². The Morgan fingerprint density at radius 1 is 1.18 bits per heavy atom. The Labute approximate surface area is 299 Å². The van der Waals surface area contributed by atoms with Crippen LogP contribution in [0, 0.1) is 5.92 Å². The van der Waals surface area contributed by atoms with E-state index in [4.69, 9.17) is 14.7 Å². The monoisotopic (exact) mass is 723 g/mol. The molecule has 0 unspecified atom stereocenters. The molecule has 2 aliphatic heterocycles. The topological polar surface area (TPSA) is 150 Å². The van der Waals surface area contributed by atoms with Gasteiger partial charge in [-0.05, 0) is 87.1 Å². The largest absolute Gasteiger partial charge is 0.390 e. The molecule has 1 aromatic carbocycles. The highest BCUT2D eigenvalue weighted by molar-refractivity contribution is 7.90. The summed E-state index contributed by atoms with van der Waals surface area (Å²) in [5.74, 6) is 1.24. The molecular formula is C37H50FN7O5S. The van der Waals surface area contributed by atoms with Crippen molar-refractivity contribution in [2.45, 2.75) is 95.7 Å². The normalized spacial score (nSPS) is 26.9. The summed E-state index contributed by atoms with van der Waals surface area (Å²) in [4.78, 5) is 30.4. The Bertz CT molecular complexity index is 1880. The number of carbonyl (C=O) groups is 1. The third kappa shape index (κ3) is 8.44. The number of aliphatic hydroxyl groups is 1. The van der Waals surface area contributed by atoms with E-state index < -0.39 is 27.7 Å². The van der Waals surface area contributed by atoms with Gasteiger partial charge in [-0.15, -0.1) is 0 Å². The van der Waals surface area contributed by atoms with Crippen LogP contribution in [0.3, 0.4) is 0 Å². The summed E-state index contributed by atoms with van der Waals surface area (Å²) in [5, 5.41) is 18.3. The molecule has 4 atom stereocenters. The van der Waals surface area contributed by atoms with Crippen molar-refractivity contribution in [2.24, 2.45) is 5.92 Å². The second-order valence-electron chi connectivity index (χ2n) is 15.1. The van der Waals surface area contributed by atoms with Crippen molar-refractivity contribution < 1.29 is 27.4 Å². The first-order valence-corrected chi connectivity index (χ1v) is 19.9. The van der Waals surface area contributed by atoms with Crippen LogP contribution in [-0.2, 0) is 19.4 Å². The Morgan fingerprint density at radius 3 is 2.57 bits per heavy atom. The number of alkyl halides is 1. The molecule has 276 valence electrons. The van der Waals surface area contributed by atoms with Gasteiger partial charge in [0.2, 0.25) is 11.9 Å². The second-order valence-corrected chi connectivity index (χ2v) is 17.2. The first-order valence-electron chi connectivity index (χ1n) is 17.8. The highest BCUT2D eigenvalue weighted by Crippen LogP contribution is 2.43. The first kappa shape index (κ1) is 36.9. The molecule has 1 amide bonds. The average Bonchev–Trinajstić information content (AvgIpc) is 3.07. The Balaban J connectivity index is 1.23. The number of hydrogen-bond donors (Lipinski definition) is 3. The van der Waals surface area contributed by atoms with Gasteiger partial charge < -0.3 is 30.3 Å². The van der Waals surface area contributed by atoms with E-state index in [2.05, 4.69) is 40.9 Å². The van der Waals surface area contributed by atoms with Gasteiger partial charge >= 0.3 is 0 Å². The molecule has 1 aliphatic carbocycles. The number of fused-ring (bicyclic) bond motifs is 1. The minimum atomic E-state index is -3.13. The molecule has 12 nitrogen and oxygen atoms in total. The van der Waals surface area contributed by atoms with Gasteiger partial charge in [0, 0.05) is 60.5 Å². The third-order valence-corrected chi connectivity index (χ3v) is 11.6. The summed E-state index contributed by atoms with van der Waals surface area (Å²) in [7, 11) is -3.13. The van der Waals surface area contributed by atoms with E-state index in [1.165, 1.54) is 12.3 Å². The second kappa shape index (κ2) is 14.6. The molecule has 0 radical (unpaired) electrons. The number of rotatable bonds is 11. The van der Waals surface area contributed by atoms with Crippen LogP contribution in [0.25, 0.3) is 10.8 Å². The third-order valence-electron chi connectivity index (χ3n) is 10.5. The molecule has 3 aromatic rings. The zero-order valence-corrected chi connectivity index (χ0v) is 30.9. The number of pyridine rings is 1. The van der Waals surface area contributed by atoms with Gasteiger partial charge in [-0.25, -0.2) is 22.8 Å². The van der Waals surface area contributed by atoms with Crippen LogP contribution in [0.2, 0.25) is 0 Å². The summed E-state index contributed by atoms with van der Waals surface area (Å²) < 4.78 is 45.6. The van der Waals surface area contributed by atoms with Gasteiger partial charge in [-0.3, -0.25) is 4.79 Å². The lowest BCUT2D eigenvalue weighted by molar-refractivity contribution is -0.111. The predicted molar refractivity (Wildman–Crippen MR) is 199 cm³/mol. The van der Waals surface area contributed by atoms with E-state index in [1.807, 2.05) is 30.9 Å². The SMILES string of the molecule is C=CC(=O)Nc1cc(N2C[C@H](CS(C)(=O)=O)[C@H]2C)c2cnc(Nc3ccnc(N4CC[C@@H](OC5CCC(C)(O)CC5)[C@@H](F)C4)n3)cc2c1C(C)C. The van der Waals surface area contributed by atoms with E-state index in [1.54, 1.807) is 18.5 Å². The number of carbonyl (C=O) groups excluding carboxylic acids is 1. The van der Waals surface area contributed by atoms with E-state index in [0.29, 0.717) is 55.6 Å². The molecule has 0 spiro atoms. The summed E-state index contributed by atoms with van der Waals surface area (Å²) in [6, 6.07) is 5.58. The van der Waals surface area contributed by atoms with Crippen LogP contribution in [0.1, 0.15) is 71.3 Å². The molecule has 0 bridgehead atoms. The van der Waals surface area contributed by atoms with Crippen LogP contribution >= 0.6 is 0 Å². The lowest BCUT2D eigenvalue weighted by Crippen LogP contribution is -2.57. The van der Waals surface area contributed by atoms with Crippen molar-refractivity contribution >= 4 is 55.5 Å². The fraction of sp³-hybridized carbons (Fsp3) is 0.568. The van der Waals surface area contributed by atoms with Gasteiger partial charge in [0.05, 0.1) is 30.1 Å². The van der Waals surface area contributed by atoms with Crippen LogP contribution in [-0.4, -0.2) is 96.0 Å². The number of amides is 1. The molecule has 2 aromatic heterocycles. The number of piperidine rings is 1. The van der Waals surface area contributed by atoms with Gasteiger partial charge in [-0.2, -0.15) is 4.98 Å². The van der Waals surface area contributed by atoms with Gasteiger partial charge in [0.25, 0.3) is 0 Å². The van der Waals surface area contributed by atoms with Crippen molar-refractivity contribution in [3.63, 3.8) is 0 Å². The van der Waals surface area contributed by atoms with Crippen molar-refractivity contribution in [3.8, 4) is 0 Å². The lowest BCUT2D eigenvalue weighted by Gasteiger charge is -2.48. The Hall–Kier alpha value is -3.88. The molecule has 3 fully saturated rings. The molecule has 3 N–H and O–H groups in total. The number of nitrogens with zero attached hydrogens (tertiary/aromatic N) is 5. The summed E-state index contributed by atoms with van der Waals surface area (Å²) in [6.07, 6.45) is 7.48. The molecule has 6 rings (SSSR count). The summed E-state index contributed by atoms with van der Waals surface area (Å²) >= 11 is 0. The standard InChI is InChI=1S/C37H50FN7O5S/c1-7-34(46)41-29-17-30(45-19-24(23(45)4)21-51(6,48)49)27-18-40-33(16-26(27)35(29)22(2)3)42-32-10-14-39-36(43-32)44-15-11-31(28(38)20-44)50-25-8-12-37(5,47)13-9-25/h7,10,14,16-18,22-25,28,31,47H,1,8-9,11-13,15,19-21H2,2-6H3,(H,41,46)(H,39,40,42,43)/t23-,24-,25?,28+,31-,37?/m1/s1. The van der Waals surface area contributed by atoms with Crippen LogP contribution < -0.4 is 20.4 Å². The molecule has 51 heavy (non-hydrogen) atoms. The average molecular weight is 724 g/mol. The Morgan fingerprint density at radius 2 is 1.92 bits per heavy atom. The number of nitrogens with one attached hydrogen (secondary N) is 2. The smallest absolute Gasteiger partial charge is 0.247 e.